The number of rotatable bonds is 4. The van der Waals surface area contributed by atoms with E-state index in [9.17, 15) is 14.7 Å². The summed E-state index contributed by atoms with van der Waals surface area (Å²) in [5.41, 5.74) is 0.634. The standard InChI is InChI=1S/C13H13NO6/c1-19-9-4-6-3-8(12(15)16)14-11(13(17)18)7(6)5-10(9)20-2/h4-5,8H,3H2,1-2H3,(H,15,16)(H,17,18). The number of methoxy groups -OCH3 is 2. The topological polar surface area (TPSA) is 105 Å². The zero-order valence-corrected chi connectivity index (χ0v) is 10.9. The van der Waals surface area contributed by atoms with Crippen molar-refractivity contribution in [3.63, 3.8) is 0 Å². The van der Waals surface area contributed by atoms with Crippen molar-refractivity contribution >= 4 is 17.7 Å². The SMILES string of the molecule is COc1cc2c(cc1OC)C(C(=O)O)=NC(C(=O)O)C2. The first-order valence-corrected chi connectivity index (χ1v) is 5.77. The van der Waals surface area contributed by atoms with Gasteiger partial charge in [0.05, 0.1) is 14.2 Å². The largest absolute Gasteiger partial charge is 0.493 e. The minimum absolute atomic E-state index is 0.113. The predicted octanol–water partition coefficient (Wildman–Crippen LogP) is 0.587. The van der Waals surface area contributed by atoms with Gasteiger partial charge in [0.25, 0.3) is 0 Å². The van der Waals surface area contributed by atoms with Crippen molar-refractivity contribution in [1.82, 2.24) is 0 Å². The Morgan fingerprint density at radius 3 is 2.30 bits per heavy atom. The number of carboxylic acids is 2. The van der Waals surface area contributed by atoms with Gasteiger partial charge >= 0.3 is 11.9 Å². The summed E-state index contributed by atoms with van der Waals surface area (Å²) in [7, 11) is 2.89. The Hall–Kier alpha value is -2.57. The number of benzene rings is 1. The molecule has 106 valence electrons. The van der Waals surface area contributed by atoms with Crippen LogP contribution in [0.3, 0.4) is 0 Å². The first-order chi connectivity index (χ1) is 9.47. The fourth-order valence-corrected chi connectivity index (χ4v) is 2.10. The highest BCUT2D eigenvalue weighted by Crippen LogP contribution is 2.33. The second kappa shape index (κ2) is 5.20. The average Bonchev–Trinajstić information content (AvgIpc) is 2.43. The van der Waals surface area contributed by atoms with Crippen LogP contribution in [0.25, 0.3) is 0 Å². The second-order valence-corrected chi connectivity index (χ2v) is 4.21. The molecule has 7 heteroatoms. The van der Waals surface area contributed by atoms with E-state index < -0.39 is 18.0 Å². The molecule has 0 amide bonds. The van der Waals surface area contributed by atoms with Crippen LogP contribution >= 0.6 is 0 Å². The maximum atomic E-state index is 11.2. The van der Waals surface area contributed by atoms with Crippen LogP contribution in [0.15, 0.2) is 17.1 Å². The smallest absolute Gasteiger partial charge is 0.354 e. The highest BCUT2D eigenvalue weighted by Gasteiger charge is 2.30. The Morgan fingerprint density at radius 2 is 1.80 bits per heavy atom. The first kappa shape index (κ1) is 13.9. The van der Waals surface area contributed by atoms with Crippen LogP contribution in [-0.2, 0) is 16.0 Å². The fraction of sp³-hybridized carbons (Fsp3) is 0.308. The third kappa shape index (κ3) is 2.29. The van der Waals surface area contributed by atoms with E-state index in [4.69, 9.17) is 14.6 Å². The molecular weight excluding hydrogens is 266 g/mol. The Bertz CT molecular complexity index is 607. The minimum atomic E-state index is -1.27. The molecular formula is C13H13NO6. The molecule has 0 fully saturated rings. The lowest BCUT2D eigenvalue weighted by molar-refractivity contribution is -0.138. The van der Waals surface area contributed by atoms with Gasteiger partial charge in [0.15, 0.2) is 23.3 Å². The van der Waals surface area contributed by atoms with Gasteiger partial charge in [-0.05, 0) is 17.7 Å². The predicted molar refractivity (Wildman–Crippen MR) is 68.8 cm³/mol. The van der Waals surface area contributed by atoms with Crippen molar-refractivity contribution in [2.24, 2.45) is 4.99 Å². The average molecular weight is 279 g/mol. The Balaban J connectivity index is 2.61. The highest BCUT2D eigenvalue weighted by atomic mass is 16.5. The summed E-state index contributed by atoms with van der Waals surface area (Å²) >= 11 is 0. The van der Waals surface area contributed by atoms with E-state index in [2.05, 4.69) is 4.99 Å². The van der Waals surface area contributed by atoms with Gasteiger partial charge in [-0.15, -0.1) is 0 Å². The lowest BCUT2D eigenvalue weighted by Crippen LogP contribution is -2.31. The van der Waals surface area contributed by atoms with Gasteiger partial charge in [-0.1, -0.05) is 0 Å². The van der Waals surface area contributed by atoms with Gasteiger partial charge in [0.1, 0.15) is 0 Å². The zero-order chi connectivity index (χ0) is 14.9. The summed E-state index contributed by atoms with van der Waals surface area (Å²) in [6.45, 7) is 0. The number of carboxylic acid groups (broad SMARTS) is 2. The monoisotopic (exact) mass is 279 g/mol. The molecule has 1 aromatic carbocycles. The molecule has 2 N–H and O–H groups in total. The highest BCUT2D eigenvalue weighted by molar-refractivity contribution is 6.43. The third-order valence-corrected chi connectivity index (χ3v) is 3.05. The Kier molecular flexibility index (Phi) is 3.60. The van der Waals surface area contributed by atoms with Crippen LogP contribution in [0, 0.1) is 0 Å². The van der Waals surface area contributed by atoms with E-state index in [1.54, 1.807) is 6.07 Å². The van der Waals surface area contributed by atoms with Gasteiger partial charge in [-0.25, -0.2) is 9.59 Å². The van der Waals surface area contributed by atoms with Crippen molar-refractivity contribution in [3.8, 4) is 11.5 Å². The van der Waals surface area contributed by atoms with Crippen LogP contribution in [0.5, 0.6) is 11.5 Å². The molecule has 7 nitrogen and oxygen atoms in total. The van der Waals surface area contributed by atoms with Gasteiger partial charge in [-0.2, -0.15) is 0 Å². The van der Waals surface area contributed by atoms with E-state index >= 15 is 0 Å². The van der Waals surface area contributed by atoms with Crippen molar-refractivity contribution < 1.29 is 29.3 Å². The lowest BCUT2D eigenvalue weighted by atomic mass is 9.93. The molecule has 0 spiro atoms. The first-order valence-electron chi connectivity index (χ1n) is 5.77. The minimum Gasteiger partial charge on any atom is -0.493 e. The second-order valence-electron chi connectivity index (χ2n) is 4.21. The van der Waals surface area contributed by atoms with Crippen molar-refractivity contribution in [1.29, 1.82) is 0 Å². The van der Waals surface area contributed by atoms with Crippen molar-refractivity contribution in [2.45, 2.75) is 12.5 Å². The van der Waals surface area contributed by atoms with Gasteiger partial charge in [0.2, 0.25) is 0 Å². The van der Waals surface area contributed by atoms with Crippen LogP contribution in [0.2, 0.25) is 0 Å². The summed E-state index contributed by atoms with van der Waals surface area (Å²) < 4.78 is 10.2. The molecule has 0 saturated heterocycles. The molecule has 2 rings (SSSR count). The number of aliphatic imine (C=N–C) groups is 1. The number of hydrogen-bond acceptors (Lipinski definition) is 5. The van der Waals surface area contributed by atoms with E-state index in [-0.39, 0.29) is 12.1 Å². The molecule has 1 atom stereocenters. The number of ether oxygens (including phenoxy) is 2. The molecule has 0 radical (unpaired) electrons. The molecule has 0 saturated carbocycles. The zero-order valence-electron chi connectivity index (χ0n) is 10.9. The number of hydrogen-bond donors (Lipinski definition) is 2. The van der Waals surface area contributed by atoms with Crippen LogP contribution in [0.4, 0.5) is 0 Å². The van der Waals surface area contributed by atoms with E-state index in [1.807, 2.05) is 0 Å². The van der Waals surface area contributed by atoms with E-state index in [1.165, 1.54) is 20.3 Å². The summed E-state index contributed by atoms with van der Waals surface area (Å²) in [6.07, 6.45) is 0.113. The summed E-state index contributed by atoms with van der Waals surface area (Å²) in [6, 6.07) is 1.98. The van der Waals surface area contributed by atoms with E-state index in [0.29, 0.717) is 22.6 Å². The molecule has 1 aromatic rings. The van der Waals surface area contributed by atoms with Gasteiger partial charge < -0.3 is 19.7 Å². The Labute approximate surface area is 114 Å². The fourth-order valence-electron chi connectivity index (χ4n) is 2.10. The van der Waals surface area contributed by atoms with Gasteiger partial charge in [-0.3, -0.25) is 4.99 Å². The summed E-state index contributed by atoms with van der Waals surface area (Å²) in [5.74, 6) is -1.65. The maximum absolute atomic E-state index is 11.2. The van der Waals surface area contributed by atoms with Crippen molar-refractivity contribution in [2.75, 3.05) is 14.2 Å². The summed E-state index contributed by atoms with van der Waals surface area (Å²) in [4.78, 5) is 26.1. The molecule has 1 aliphatic rings. The maximum Gasteiger partial charge on any atom is 0.354 e. The number of carbonyl (C=O) groups is 2. The van der Waals surface area contributed by atoms with Gasteiger partial charge in [0, 0.05) is 12.0 Å². The number of aliphatic carboxylic acids is 2. The molecule has 20 heavy (non-hydrogen) atoms. The summed E-state index contributed by atoms with van der Waals surface area (Å²) in [5, 5.41) is 18.2. The normalized spacial score (nSPS) is 16.9. The molecule has 0 bridgehead atoms. The molecule has 1 unspecified atom stereocenters. The van der Waals surface area contributed by atoms with Crippen LogP contribution < -0.4 is 9.47 Å². The molecule has 0 aromatic heterocycles. The van der Waals surface area contributed by atoms with E-state index in [0.717, 1.165) is 0 Å². The quantitative estimate of drug-likeness (QED) is 0.835. The molecule has 0 aliphatic carbocycles. The Morgan fingerprint density at radius 1 is 1.20 bits per heavy atom. The van der Waals surface area contributed by atoms with Crippen molar-refractivity contribution in [3.05, 3.63) is 23.3 Å². The lowest BCUT2D eigenvalue weighted by Gasteiger charge is -2.21. The third-order valence-electron chi connectivity index (χ3n) is 3.05. The number of fused-ring (bicyclic) bond motifs is 1. The van der Waals surface area contributed by atoms with Crippen LogP contribution in [0.1, 0.15) is 11.1 Å². The number of nitrogens with zero attached hydrogens (tertiary/aromatic N) is 1. The molecule has 1 heterocycles. The van der Waals surface area contributed by atoms with Crippen LogP contribution in [-0.4, -0.2) is 48.1 Å². The molecule has 1 aliphatic heterocycles.